The first-order valence-corrected chi connectivity index (χ1v) is 11.8. The lowest BCUT2D eigenvalue weighted by Gasteiger charge is -2.33. The van der Waals surface area contributed by atoms with Crippen LogP contribution in [0.25, 0.3) is 11.2 Å². The summed E-state index contributed by atoms with van der Waals surface area (Å²) in [5.74, 6) is -2.83. The number of nitrogens with zero attached hydrogens (tertiary/aromatic N) is 5. The molecule has 3 aromatic rings. The number of hydroxylamine groups is 1. The van der Waals surface area contributed by atoms with Gasteiger partial charge in [0.05, 0.1) is 18.4 Å². The summed E-state index contributed by atoms with van der Waals surface area (Å²) < 4.78 is 0. The van der Waals surface area contributed by atoms with E-state index in [1.807, 2.05) is 0 Å². The Morgan fingerprint density at radius 2 is 1.97 bits per heavy atom. The zero-order chi connectivity index (χ0) is 27.6. The molecule has 0 saturated carbocycles. The second-order valence-electron chi connectivity index (χ2n) is 8.92. The average molecular weight is 526 g/mol. The summed E-state index contributed by atoms with van der Waals surface area (Å²) in [4.78, 5) is 51.4. The number of aromatic nitrogens is 4. The Labute approximate surface area is 216 Å². The molecule has 0 fully saturated rings. The number of carbonyl (C=O) groups is 3. The molecule has 8 N–H and O–H groups in total. The Kier molecular flexibility index (Phi) is 7.50. The van der Waals surface area contributed by atoms with Crippen molar-refractivity contribution in [2.45, 2.75) is 45.2 Å². The molecule has 0 aliphatic carbocycles. The summed E-state index contributed by atoms with van der Waals surface area (Å²) in [7, 11) is 0. The van der Waals surface area contributed by atoms with E-state index in [4.69, 9.17) is 16.6 Å². The van der Waals surface area contributed by atoms with Gasteiger partial charge >= 0.3 is 11.9 Å². The molecule has 2 aromatic heterocycles. The van der Waals surface area contributed by atoms with Crippen LogP contribution in [0.2, 0.25) is 0 Å². The summed E-state index contributed by atoms with van der Waals surface area (Å²) in [6.07, 6.45) is 1.85. The zero-order valence-electron chi connectivity index (χ0n) is 20.5. The van der Waals surface area contributed by atoms with Crippen molar-refractivity contribution in [3.63, 3.8) is 0 Å². The number of hydrogen-bond acceptors (Lipinski definition) is 11. The highest BCUT2D eigenvalue weighted by atomic mass is 16.5. The van der Waals surface area contributed by atoms with E-state index in [0.717, 1.165) is 5.56 Å². The summed E-state index contributed by atoms with van der Waals surface area (Å²) in [5, 5.41) is 35.2. The number of carboxylic acids is 2. The first kappa shape index (κ1) is 26.4. The summed E-state index contributed by atoms with van der Waals surface area (Å²) in [5.41, 5.74) is 14.7. The number of amides is 1. The van der Waals surface area contributed by atoms with E-state index in [0.29, 0.717) is 29.9 Å². The Morgan fingerprint density at radius 1 is 1.21 bits per heavy atom. The molecular weight excluding hydrogens is 498 g/mol. The van der Waals surface area contributed by atoms with Gasteiger partial charge in [-0.2, -0.15) is 9.97 Å². The number of nitrogen functional groups attached to an aromatic ring is 2. The first-order valence-electron chi connectivity index (χ1n) is 11.8. The van der Waals surface area contributed by atoms with Crippen LogP contribution in [0.1, 0.15) is 46.4 Å². The maximum Gasteiger partial charge on any atom is 0.326 e. The number of quaternary nitrogens is 1. The SMILES string of the molecule is Cc1cc(C(=O)N[C@@H](CCCC(=O)O)C(=O)O)cc2c1N([NH+]([O-])Cc1cnc3nc(N)nc(N)c3n1)CC2. The lowest BCUT2D eigenvalue weighted by molar-refractivity contribution is -0.872. The van der Waals surface area contributed by atoms with Gasteiger partial charge in [-0.25, -0.2) is 19.8 Å². The smallest absolute Gasteiger partial charge is 0.326 e. The minimum absolute atomic E-state index is 0.0115. The van der Waals surface area contributed by atoms with Crippen molar-refractivity contribution in [3.8, 4) is 0 Å². The van der Waals surface area contributed by atoms with E-state index >= 15 is 0 Å². The van der Waals surface area contributed by atoms with Gasteiger partial charge in [-0.15, -0.1) is 0 Å². The largest absolute Gasteiger partial charge is 0.607 e. The third-order valence-electron chi connectivity index (χ3n) is 6.14. The highest BCUT2D eigenvalue weighted by Crippen LogP contribution is 2.30. The molecule has 200 valence electrons. The third-order valence-corrected chi connectivity index (χ3v) is 6.14. The number of hydrogen-bond donors (Lipinski definition) is 6. The number of rotatable bonds is 10. The van der Waals surface area contributed by atoms with E-state index < -0.39 is 23.9 Å². The van der Waals surface area contributed by atoms with Crippen LogP contribution >= 0.6 is 0 Å². The molecule has 0 radical (unpaired) electrons. The monoisotopic (exact) mass is 525 g/mol. The molecule has 1 aromatic carbocycles. The number of anilines is 3. The number of nitrogens with one attached hydrogen (secondary N) is 2. The van der Waals surface area contributed by atoms with Gasteiger partial charge in [0.2, 0.25) is 5.95 Å². The highest BCUT2D eigenvalue weighted by molar-refractivity contribution is 5.97. The van der Waals surface area contributed by atoms with Crippen molar-refractivity contribution >= 4 is 46.5 Å². The molecule has 0 saturated heterocycles. The maximum absolute atomic E-state index is 13.2. The van der Waals surface area contributed by atoms with Gasteiger partial charge in [0.25, 0.3) is 5.91 Å². The van der Waals surface area contributed by atoms with E-state index in [9.17, 15) is 24.7 Å². The molecule has 3 heterocycles. The molecule has 1 unspecified atom stereocenters. The third kappa shape index (κ3) is 5.68. The zero-order valence-corrected chi connectivity index (χ0v) is 20.5. The lowest BCUT2D eigenvalue weighted by atomic mass is 10.0. The molecule has 38 heavy (non-hydrogen) atoms. The van der Waals surface area contributed by atoms with Crippen LogP contribution in [-0.2, 0) is 22.6 Å². The summed E-state index contributed by atoms with van der Waals surface area (Å²) in [6, 6.07) is 2.01. The summed E-state index contributed by atoms with van der Waals surface area (Å²) in [6.45, 7) is 2.11. The number of benzene rings is 1. The van der Waals surface area contributed by atoms with Gasteiger partial charge in [0.15, 0.2) is 17.0 Å². The quantitative estimate of drug-likeness (QED) is 0.178. The van der Waals surface area contributed by atoms with Crippen molar-refractivity contribution in [1.82, 2.24) is 25.3 Å². The van der Waals surface area contributed by atoms with Gasteiger partial charge in [-0.3, -0.25) is 14.8 Å². The second-order valence-corrected chi connectivity index (χ2v) is 8.92. The molecule has 15 nitrogen and oxygen atoms in total. The molecular formula is C23H27N9O6. The van der Waals surface area contributed by atoms with Crippen LogP contribution in [0, 0.1) is 12.1 Å². The minimum Gasteiger partial charge on any atom is -0.607 e. The molecule has 1 aliphatic heterocycles. The van der Waals surface area contributed by atoms with Gasteiger partial charge in [-0.05, 0) is 49.4 Å². The molecule has 1 aliphatic rings. The lowest BCUT2D eigenvalue weighted by Crippen LogP contribution is -3.13. The normalized spacial score (nSPS) is 14.2. The second kappa shape index (κ2) is 10.8. The Hall–Kier alpha value is -4.63. The van der Waals surface area contributed by atoms with Crippen LogP contribution in [0.15, 0.2) is 18.3 Å². The van der Waals surface area contributed by atoms with E-state index in [2.05, 4.69) is 25.3 Å². The number of aryl methyl sites for hydroxylation is 1. The van der Waals surface area contributed by atoms with E-state index in [1.54, 1.807) is 24.1 Å². The Bertz CT molecular complexity index is 1420. The molecule has 1 amide bonds. The van der Waals surface area contributed by atoms with Crippen LogP contribution in [0.3, 0.4) is 0 Å². The molecule has 2 atom stereocenters. The van der Waals surface area contributed by atoms with Crippen LogP contribution < -0.4 is 27.0 Å². The Morgan fingerprint density at radius 3 is 2.68 bits per heavy atom. The topological polar surface area (TPSA) is 238 Å². The van der Waals surface area contributed by atoms with Crippen LogP contribution in [0.4, 0.5) is 17.5 Å². The fourth-order valence-electron chi connectivity index (χ4n) is 4.43. The van der Waals surface area contributed by atoms with Gasteiger partial charge in [-0.1, -0.05) is 0 Å². The van der Waals surface area contributed by atoms with Gasteiger partial charge in [0, 0.05) is 12.0 Å². The maximum atomic E-state index is 13.2. The van der Waals surface area contributed by atoms with Crippen molar-refractivity contribution in [1.29, 1.82) is 0 Å². The van der Waals surface area contributed by atoms with Crippen molar-refractivity contribution in [2.75, 3.05) is 23.0 Å². The number of fused-ring (bicyclic) bond motifs is 2. The van der Waals surface area contributed by atoms with E-state index in [-0.39, 0.29) is 59.5 Å². The number of carboxylic acid groups (broad SMARTS) is 2. The predicted molar refractivity (Wildman–Crippen MR) is 135 cm³/mol. The van der Waals surface area contributed by atoms with Crippen molar-refractivity contribution < 1.29 is 29.8 Å². The molecule has 4 rings (SSSR count). The molecule has 15 heteroatoms. The number of aliphatic carboxylic acids is 2. The van der Waals surface area contributed by atoms with Gasteiger partial charge < -0.3 is 32.2 Å². The summed E-state index contributed by atoms with van der Waals surface area (Å²) >= 11 is 0. The standard InChI is InChI=1S/C23H27N9O6/c1-11-7-13(21(35)28-15(22(36)37)3-2-4-16(33)34)8-12-5-6-31(18(11)12)32(38)10-14-9-26-20-17(27-14)19(24)29-23(25)30-20/h7-9,15,32H,2-6,10H2,1H3,(H,28,35)(H,33,34)(H,36,37)(H4,24,25,26,29,30)/t15-/m0/s1. The molecule has 0 spiro atoms. The fraction of sp³-hybridized carbons (Fsp3) is 0.348. The predicted octanol–water partition coefficient (Wildman–Crippen LogP) is -0.809. The van der Waals surface area contributed by atoms with Gasteiger partial charge in [0.1, 0.15) is 18.3 Å². The number of carbonyl (C=O) groups excluding carboxylic acids is 1. The van der Waals surface area contributed by atoms with Crippen LogP contribution in [-0.4, -0.2) is 60.6 Å². The fourth-order valence-corrected chi connectivity index (χ4v) is 4.43. The average Bonchev–Trinajstić information content (AvgIpc) is 3.28. The first-order chi connectivity index (χ1) is 18.0. The Balaban J connectivity index is 1.48. The molecule has 0 bridgehead atoms. The van der Waals surface area contributed by atoms with Crippen molar-refractivity contribution in [2.24, 2.45) is 0 Å². The minimum atomic E-state index is -1.24. The van der Waals surface area contributed by atoms with Crippen molar-refractivity contribution in [3.05, 3.63) is 45.9 Å². The highest BCUT2D eigenvalue weighted by Gasteiger charge is 2.29. The van der Waals surface area contributed by atoms with Crippen LogP contribution in [0.5, 0.6) is 0 Å². The van der Waals surface area contributed by atoms with E-state index in [1.165, 1.54) is 6.20 Å². The number of nitrogens with two attached hydrogens (primary N) is 2.